The third-order valence-electron chi connectivity index (χ3n) is 15.1. The molecular weight excluding hydrogens is 1130 g/mol. The van der Waals surface area contributed by atoms with Gasteiger partial charge in [-0.15, -0.1) is 0 Å². The minimum atomic E-state index is -4.41. The molecule has 0 aliphatic heterocycles. The molecule has 0 aliphatic carbocycles. The number of hydrogen-bond donors (Lipinski definition) is 1. The third kappa shape index (κ3) is 72.7. The highest BCUT2D eigenvalue weighted by Gasteiger charge is 2.27. The molecule has 0 rings (SSSR count). The summed E-state index contributed by atoms with van der Waals surface area (Å²) in [6.07, 6.45) is 104. The molecule has 0 aromatic heterocycles. The van der Waals surface area contributed by atoms with Gasteiger partial charge in [0.2, 0.25) is 0 Å². The van der Waals surface area contributed by atoms with Crippen LogP contribution in [0, 0.1) is 0 Å². The summed E-state index contributed by atoms with van der Waals surface area (Å²) < 4.78 is 34.7. The van der Waals surface area contributed by atoms with Gasteiger partial charge in [-0.1, -0.05) is 307 Å². The molecule has 10 heteroatoms. The molecule has 2 unspecified atom stereocenters. The van der Waals surface area contributed by atoms with Crippen molar-refractivity contribution in [3.8, 4) is 0 Å². The Bertz CT molecular complexity index is 2080. The molecule has 0 saturated carbocycles. The second-order valence-electron chi connectivity index (χ2n) is 24.9. The van der Waals surface area contributed by atoms with Gasteiger partial charge in [0.05, 0.1) is 27.7 Å². The summed E-state index contributed by atoms with van der Waals surface area (Å²) >= 11 is 0. The molecule has 0 aromatic carbocycles. The normalized spacial score (nSPS) is 14.1. The second kappa shape index (κ2) is 69.0. The molecule has 0 aliphatic rings. The van der Waals surface area contributed by atoms with Crippen molar-refractivity contribution in [2.45, 2.75) is 290 Å². The Kier molecular flexibility index (Phi) is 65.6. The van der Waals surface area contributed by atoms with Gasteiger partial charge in [-0.3, -0.25) is 18.6 Å². The van der Waals surface area contributed by atoms with Gasteiger partial charge in [0.25, 0.3) is 0 Å². The lowest BCUT2D eigenvalue weighted by molar-refractivity contribution is -0.870. The van der Waals surface area contributed by atoms with Crippen molar-refractivity contribution >= 4 is 19.8 Å². The zero-order valence-electron chi connectivity index (χ0n) is 58.3. The minimum absolute atomic E-state index is 0.0185. The van der Waals surface area contributed by atoms with Crippen LogP contribution in [0.15, 0.2) is 158 Å². The predicted molar refractivity (Wildman–Crippen MR) is 390 cm³/mol. The Balaban J connectivity index is 4.02. The number of unbranched alkanes of at least 4 members (excludes halogenated alkanes) is 25. The van der Waals surface area contributed by atoms with Crippen molar-refractivity contribution in [3.63, 3.8) is 0 Å². The number of esters is 2. The molecule has 0 radical (unpaired) electrons. The summed E-state index contributed by atoms with van der Waals surface area (Å²) in [4.78, 5) is 35.9. The first-order chi connectivity index (χ1) is 44.0. The standard InChI is InChI=1S/C80H134NO8P/c1-6-8-10-12-14-16-18-20-22-24-26-28-30-32-33-34-35-36-37-38-39-40-41-42-43-44-45-46-47-49-50-52-54-56-58-60-62-64-66-68-70-72-79(82)86-76-78(77-88-90(84,85)87-75-74-81(3,4)5)89-80(83)73-71-69-67-65-63-61-59-57-55-53-51-48-31-29-27-25-23-21-19-17-15-13-11-9-7-2/h8-11,14-17,20-23,26-29,32-33,35-36,48,51,55,57,61,63,78H,6-7,12-13,18-19,24-25,30-31,34,37-47,49-50,52-54,56,58-60,62,64-77H2,1-5H3/p+1/b10-8-,11-9-,16-14-,17-15-,22-20-,23-21-,28-26-,29-27-,33-32-,36-35-,51-48-,57-55-,63-61-. The lowest BCUT2D eigenvalue weighted by Crippen LogP contribution is -2.37. The number of likely N-dealkylation sites (N-methyl/N-ethyl adjacent to an activating group) is 1. The summed E-state index contributed by atoms with van der Waals surface area (Å²) in [6.45, 7) is 4.17. The number of rotatable bonds is 65. The molecule has 1 N–H and O–H groups in total. The number of ether oxygens (including phenoxy) is 2. The van der Waals surface area contributed by atoms with E-state index in [1.165, 1.54) is 128 Å². The van der Waals surface area contributed by atoms with Crippen LogP contribution >= 0.6 is 7.82 Å². The van der Waals surface area contributed by atoms with Gasteiger partial charge in [-0.05, 0) is 122 Å². The summed E-state index contributed by atoms with van der Waals surface area (Å²) in [6, 6.07) is 0. The average Bonchev–Trinajstić information content (AvgIpc) is 3.58. The number of allylic oxidation sites excluding steroid dienone is 26. The van der Waals surface area contributed by atoms with Gasteiger partial charge in [0.1, 0.15) is 19.8 Å². The van der Waals surface area contributed by atoms with Crippen molar-refractivity contribution in [2.24, 2.45) is 0 Å². The van der Waals surface area contributed by atoms with Gasteiger partial charge in [-0.25, -0.2) is 4.57 Å². The van der Waals surface area contributed by atoms with Crippen LogP contribution in [0.2, 0.25) is 0 Å². The SMILES string of the molecule is CC/C=C\C/C=C\C/C=C\C/C=C\C/C=C\C/C=C\C/C=C\CCCCCC(=O)OC(COC(=O)CCCCCCCCCCCCCCCCCCCCCCCC/C=C\C/C=C\C/C=C\C/C=C\C/C=C\C/C=C\CC)COP(=O)(O)OCC[N+](C)(C)C. The number of nitrogens with zero attached hydrogens (tertiary/aromatic N) is 1. The Morgan fingerprint density at radius 3 is 0.900 bits per heavy atom. The average molecular weight is 1270 g/mol. The fourth-order valence-corrected chi connectivity index (χ4v) is 10.3. The number of quaternary nitrogens is 1. The largest absolute Gasteiger partial charge is 0.472 e. The van der Waals surface area contributed by atoms with E-state index in [0.717, 1.165) is 122 Å². The minimum Gasteiger partial charge on any atom is -0.462 e. The van der Waals surface area contributed by atoms with Crippen molar-refractivity contribution in [1.82, 2.24) is 0 Å². The lowest BCUT2D eigenvalue weighted by Gasteiger charge is -2.24. The summed E-state index contributed by atoms with van der Waals surface area (Å²) in [7, 11) is 1.44. The number of carbonyl (C=O) groups is 2. The van der Waals surface area contributed by atoms with E-state index in [1.807, 2.05) is 21.1 Å². The Labute approximate surface area is 554 Å². The van der Waals surface area contributed by atoms with E-state index in [4.69, 9.17) is 18.5 Å². The Morgan fingerprint density at radius 1 is 0.344 bits per heavy atom. The third-order valence-corrected chi connectivity index (χ3v) is 16.0. The molecule has 0 fully saturated rings. The van der Waals surface area contributed by atoms with Crippen LogP contribution in [0.5, 0.6) is 0 Å². The van der Waals surface area contributed by atoms with E-state index in [2.05, 4.69) is 172 Å². The second-order valence-corrected chi connectivity index (χ2v) is 26.3. The molecule has 0 amide bonds. The van der Waals surface area contributed by atoms with Gasteiger partial charge in [0.15, 0.2) is 6.10 Å². The van der Waals surface area contributed by atoms with Crippen molar-refractivity contribution in [2.75, 3.05) is 47.5 Å². The number of phosphoric ester groups is 1. The molecular formula is C80H135NO8P+. The Morgan fingerprint density at radius 2 is 0.600 bits per heavy atom. The molecule has 0 aromatic rings. The molecule has 9 nitrogen and oxygen atoms in total. The number of phosphoric acid groups is 1. The predicted octanol–water partition coefficient (Wildman–Crippen LogP) is 23.9. The van der Waals surface area contributed by atoms with Crippen LogP contribution in [-0.2, 0) is 32.7 Å². The van der Waals surface area contributed by atoms with Gasteiger partial charge in [0, 0.05) is 12.8 Å². The topological polar surface area (TPSA) is 108 Å². The van der Waals surface area contributed by atoms with E-state index in [-0.39, 0.29) is 32.0 Å². The van der Waals surface area contributed by atoms with Crippen molar-refractivity contribution in [3.05, 3.63) is 158 Å². The van der Waals surface area contributed by atoms with E-state index in [0.29, 0.717) is 17.4 Å². The highest BCUT2D eigenvalue weighted by molar-refractivity contribution is 7.47. The molecule has 0 heterocycles. The van der Waals surface area contributed by atoms with Gasteiger partial charge < -0.3 is 18.9 Å². The molecule has 2 atom stereocenters. The van der Waals surface area contributed by atoms with E-state index in [1.54, 1.807) is 0 Å². The molecule has 0 saturated heterocycles. The summed E-state index contributed by atoms with van der Waals surface area (Å²) in [5.41, 5.74) is 0. The monoisotopic (exact) mass is 1270 g/mol. The maximum Gasteiger partial charge on any atom is 0.472 e. The van der Waals surface area contributed by atoms with Crippen LogP contribution in [0.25, 0.3) is 0 Å². The molecule has 512 valence electrons. The summed E-state index contributed by atoms with van der Waals surface area (Å²) in [5.74, 6) is -0.837. The number of carbonyl (C=O) groups excluding carboxylic acids is 2. The maximum absolute atomic E-state index is 12.9. The fourth-order valence-electron chi connectivity index (χ4n) is 9.59. The van der Waals surface area contributed by atoms with Crippen LogP contribution < -0.4 is 0 Å². The lowest BCUT2D eigenvalue weighted by atomic mass is 10.0. The molecule has 90 heavy (non-hydrogen) atoms. The van der Waals surface area contributed by atoms with E-state index >= 15 is 0 Å². The smallest absolute Gasteiger partial charge is 0.462 e. The molecule has 0 spiro atoms. The maximum atomic E-state index is 12.9. The zero-order valence-corrected chi connectivity index (χ0v) is 59.2. The van der Waals surface area contributed by atoms with E-state index in [9.17, 15) is 19.0 Å². The highest BCUT2D eigenvalue weighted by atomic mass is 31.2. The first-order valence-corrected chi connectivity index (χ1v) is 37.7. The van der Waals surface area contributed by atoms with Crippen LogP contribution in [0.4, 0.5) is 0 Å². The van der Waals surface area contributed by atoms with Gasteiger partial charge >= 0.3 is 19.8 Å². The van der Waals surface area contributed by atoms with Crippen LogP contribution in [0.1, 0.15) is 284 Å². The summed E-state index contributed by atoms with van der Waals surface area (Å²) in [5, 5.41) is 0. The van der Waals surface area contributed by atoms with Gasteiger partial charge in [-0.2, -0.15) is 0 Å². The van der Waals surface area contributed by atoms with E-state index < -0.39 is 26.5 Å². The zero-order chi connectivity index (χ0) is 65.5. The Hall–Kier alpha value is -4.37. The fraction of sp³-hybridized carbons (Fsp3) is 0.650. The first-order valence-electron chi connectivity index (χ1n) is 36.2. The highest BCUT2D eigenvalue weighted by Crippen LogP contribution is 2.43. The van der Waals surface area contributed by atoms with Crippen molar-refractivity contribution < 1.29 is 42.1 Å². The van der Waals surface area contributed by atoms with Crippen LogP contribution in [0.3, 0.4) is 0 Å². The number of hydrogen-bond acceptors (Lipinski definition) is 7. The quantitative estimate of drug-likeness (QED) is 0.0211. The van der Waals surface area contributed by atoms with Crippen molar-refractivity contribution in [1.29, 1.82) is 0 Å². The van der Waals surface area contributed by atoms with Crippen LogP contribution in [-0.4, -0.2) is 74.9 Å². The first kappa shape index (κ1) is 85.6. The molecule has 0 bridgehead atoms.